The summed E-state index contributed by atoms with van der Waals surface area (Å²) in [6, 6.07) is 3.08. The number of alkyl halides is 5. The molecular formula is C15H19ClF5N3O2. The topological polar surface area (TPSA) is 53.6 Å². The fraction of sp³-hybridized carbons (Fsp3) is 0.533. The number of rotatable bonds is 6. The van der Waals surface area contributed by atoms with Gasteiger partial charge in [0.15, 0.2) is 0 Å². The van der Waals surface area contributed by atoms with Crippen LogP contribution in [-0.4, -0.2) is 62.4 Å². The Morgan fingerprint density at radius 2 is 1.92 bits per heavy atom. The summed E-state index contributed by atoms with van der Waals surface area (Å²) in [5.41, 5.74) is -0.0561. The van der Waals surface area contributed by atoms with Gasteiger partial charge < -0.3 is 15.4 Å². The monoisotopic (exact) mass is 403 g/mol. The molecule has 1 aromatic carbocycles. The van der Waals surface area contributed by atoms with Crippen LogP contribution in [0.2, 0.25) is 0 Å². The van der Waals surface area contributed by atoms with Gasteiger partial charge in [0.25, 0.3) is 5.91 Å². The third-order valence-electron chi connectivity index (χ3n) is 3.75. The fourth-order valence-corrected chi connectivity index (χ4v) is 2.55. The number of carbonyl (C=O) groups excluding carboxylic acids is 1. The van der Waals surface area contributed by atoms with Crippen molar-refractivity contribution in [1.82, 2.24) is 15.5 Å². The summed E-state index contributed by atoms with van der Waals surface area (Å²) in [6.45, 7) is -2.36. The zero-order valence-corrected chi connectivity index (χ0v) is 14.4. The summed E-state index contributed by atoms with van der Waals surface area (Å²) in [5.74, 6) is -1.03. The largest absolute Gasteiger partial charge is 0.435 e. The van der Waals surface area contributed by atoms with Gasteiger partial charge in [-0.1, -0.05) is 6.07 Å². The van der Waals surface area contributed by atoms with Crippen LogP contribution >= 0.6 is 12.4 Å². The molecule has 26 heavy (non-hydrogen) atoms. The second kappa shape index (κ2) is 9.89. The van der Waals surface area contributed by atoms with Gasteiger partial charge in [0.2, 0.25) is 0 Å². The van der Waals surface area contributed by atoms with Crippen molar-refractivity contribution in [2.24, 2.45) is 0 Å². The van der Waals surface area contributed by atoms with Crippen molar-refractivity contribution < 1.29 is 31.5 Å². The summed E-state index contributed by atoms with van der Waals surface area (Å²) in [4.78, 5) is 13.3. The molecule has 1 aliphatic rings. The maximum atomic E-state index is 13.2. The predicted octanol–water partition coefficient (Wildman–Crippen LogP) is 2.28. The highest BCUT2D eigenvalue weighted by molar-refractivity contribution is 5.94. The van der Waals surface area contributed by atoms with Crippen molar-refractivity contribution in [3.63, 3.8) is 0 Å². The van der Waals surface area contributed by atoms with Crippen LogP contribution < -0.4 is 15.4 Å². The zero-order valence-electron chi connectivity index (χ0n) is 13.6. The van der Waals surface area contributed by atoms with Crippen LogP contribution in [0.25, 0.3) is 0 Å². The smallest absolute Gasteiger partial charge is 0.405 e. The Labute approximate surface area is 153 Å². The van der Waals surface area contributed by atoms with Crippen molar-refractivity contribution in [1.29, 1.82) is 0 Å². The van der Waals surface area contributed by atoms with Gasteiger partial charge in [0.1, 0.15) is 11.8 Å². The molecule has 1 aliphatic heterocycles. The van der Waals surface area contributed by atoms with E-state index in [-0.39, 0.29) is 36.8 Å². The molecule has 0 bridgehead atoms. The lowest BCUT2D eigenvalue weighted by Crippen LogP contribution is -2.57. The summed E-state index contributed by atoms with van der Waals surface area (Å²) < 4.78 is 68.3. The second-order valence-corrected chi connectivity index (χ2v) is 5.46. The van der Waals surface area contributed by atoms with Gasteiger partial charge >= 0.3 is 12.8 Å². The predicted molar refractivity (Wildman–Crippen MR) is 86.9 cm³/mol. The average Bonchev–Trinajstić information content (AvgIpc) is 2.54. The van der Waals surface area contributed by atoms with Gasteiger partial charge in [-0.15, -0.1) is 12.4 Å². The molecule has 11 heteroatoms. The van der Waals surface area contributed by atoms with Crippen LogP contribution in [0, 0.1) is 0 Å². The van der Waals surface area contributed by atoms with Crippen molar-refractivity contribution in [3.8, 4) is 5.75 Å². The Morgan fingerprint density at radius 1 is 1.27 bits per heavy atom. The molecule has 0 aliphatic carbocycles. The van der Waals surface area contributed by atoms with E-state index in [2.05, 4.69) is 15.4 Å². The first kappa shape index (κ1) is 22.4. The number of halogens is 6. The number of hydrogen-bond donors (Lipinski definition) is 2. The number of carbonyl (C=O) groups is 1. The van der Waals surface area contributed by atoms with E-state index in [1.165, 1.54) is 23.1 Å². The lowest BCUT2D eigenvalue weighted by molar-refractivity contribution is -0.183. The molecule has 1 saturated heterocycles. The molecule has 2 rings (SSSR count). The van der Waals surface area contributed by atoms with E-state index in [9.17, 15) is 26.7 Å². The third kappa shape index (κ3) is 6.58. The van der Waals surface area contributed by atoms with Gasteiger partial charge in [0, 0.05) is 38.3 Å². The highest BCUT2D eigenvalue weighted by Crippen LogP contribution is 2.25. The highest BCUT2D eigenvalue weighted by Gasteiger charge is 2.43. The molecule has 1 fully saturated rings. The Balaban J connectivity index is 0.00000338. The first-order chi connectivity index (χ1) is 11.8. The minimum Gasteiger partial charge on any atom is -0.435 e. The van der Waals surface area contributed by atoms with Crippen molar-refractivity contribution >= 4 is 18.3 Å². The summed E-state index contributed by atoms with van der Waals surface area (Å²) in [5, 5.41) is 5.18. The Morgan fingerprint density at radius 3 is 2.50 bits per heavy atom. The lowest BCUT2D eigenvalue weighted by atomic mass is 10.1. The minimum absolute atomic E-state index is 0. The molecule has 5 nitrogen and oxygen atoms in total. The van der Waals surface area contributed by atoms with Crippen LogP contribution in [0.4, 0.5) is 22.0 Å². The summed E-state index contributed by atoms with van der Waals surface area (Å²) >= 11 is 0. The molecule has 1 unspecified atom stereocenters. The number of amides is 1. The van der Waals surface area contributed by atoms with Crippen LogP contribution in [0.1, 0.15) is 10.4 Å². The molecule has 2 N–H and O–H groups in total. The van der Waals surface area contributed by atoms with E-state index in [4.69, 9.17) is 0 Å². The normalized spacial score (nSPS) is 16.7. The first-order valence-electron chi connectivity index (χ1n) is 7.62. The summed E-state index contributed by atoms with van der Waals surface area (Å²) in [7, 11) is 0. The Kier molecular flexibility index (Phi) is 8.51. The third-order valence-corrected chi connectivity index (χ3v) is 3.75. The van der Waals surface area contributed by atoms with E-state index in [1.54, 1.807) is 0 Å². The molecule has 1 atom stereocenters. The molecule has 1 amide bonds. The van der Waals surface area contributed by atoms with E-state index >= 15 is 0 Å². The molecule has 0 aromatic heterocycles. The number of nitrogens with zero attached hydrogens (tertiary/aromatic N) is 1. The molecule has 0 spiro atoms. The fourth-order valence-electron chi connectivity index (χ4n) is 2.55. The number of nitrogens with one attached hydrogen (secondary N) is 2. The number of benzene rings is 1. The van der Waals surface area contributed by atoms with Crippen LogP contribution in [-0.2, 0) is 0 Å². The molecule has 0 radical (unpaired) electrons. The lowest BCUT2D eigenvalue weighted by Gasteiger charge is -2.35. The van der Waals surface area contributed by atoms with Crippen molar-refractivity contribution in [2.75, 3.05) is 32.7 Å². The molecular weight excluding hydrogens is 385 g/mol. The average molecular weight is 404 g/mol. The Bertz CT molecular complexity index is 583. The second-order valence-electron chi connectivity index (χ2n) is 5.46. The number of piperazine rings is 1. The number of hydrogen-bond acceptors (Lipinski definition) is 4. The van der Waals surface area contributed by atoms with Gasteiger partial charge in [-0.25, -0.2) is 0 Å². The Hall–Kier alpha value is -1.65. The van der Waals surface area contributed by atoms with E-state index in [1.807, 2.05) is 0 Å². The highest BCUT2D eigenvalue weighted by atomic mass is 35.5. The van der Waals surface area contributed by atoms with E-state index < -0.39 is 31.3 Å². The SMILES string of the molecule is Cl.O=C(NCC(N1CCNCC1)C(F)(F)F)c1cccc(OC(F)F)c1. The van der Waals surface area contributed by atoms with Gasteiger partial charge in [-0.05, 0) is 18.2 Å². The van der Waals surface area contributed by atoms with E-state index in [0.717, 1.165) is 6.07 Å². The van der Waals surface area contributed by atoms with Gasteiger partial charge in [-0.3, -0.25) is 9.69 Å². The van der Waals surface area contributed by atoms with E-state index in [0.29, 0.717) is 13.1 Å². The molecule has 148 valence electrons. The van der Waals surface area contributed by atoms with Crippen molar-refractivity contribution in [2.45, 2.75) is 18.8 Å². The van der Waals surface area contributed by atoms with Crippen molar-refractivity contribution in [3.05, 3.63) is 29.8 Å². The van der Waals surface area contributed by atoms with Gasteiger partial charge in [-0.2, -0.15) is 22.0 Å². The summed E-state index contributed by atoms with van der Waals surface area (Å²) in [6.07, 6.45) is -4.49. The zero-order chi connectivity index (χ0) is 18.4. The first-order valence-corrected chi connectivity index (χ1v) is 7.62. The minimum atomic E-state index is -4.49. The quantitative estimate of drug-likeness (QED) is 0.716. The molecule has 1 heterocycles. The molecule has 0 saturated carbocycles. The van der Waals surface area contributed by atoms with Crippen LogP contribution in [0.3, 0.4) is 0 Å². The van der Waals surface area contributed by atoms with Crippen LogP contribution in [0.5, 0.6) is 5.75 Å². The standard InChI is InChI=1S/C15H18F5N3O2.ClH/c16-14(17)25-11-3-1-2-10(8-11)13(24)22-9-12(15(18,19)20)23-6-4-21-5-7-23;/h1-3,8,12,14,21H,4-7,9H2,(H,22,24);1H. The van der Waals surface area contributed by atoms with Crippen LogP contribution in [0.15, 0.2) is 24.3 Å². The maximum absolute atomic E-state index is 13.2. The van der Waals surface area contributed by atoms with Gasteiger partial charge in [0.05, 0.1) is 0 Å². The molecule has 1 aromatic rings. The number of ether oxygens (including phenoxy) is 1. The maximum Gasteiger partial charge on any atom is 0.405 e.